The zero-order valence-electron chi connectivity index (χ0n) is 59.2. The normalized spacial score (nSPS) is 14.7. The standard InChI is InChI=1S/C53H32N4S.C48H29N3S/c54-33-34-28-30-36(31-29-34)40-21-12-26-46-49(40)58-47-27-10-9-24-44(47)53(46)43-23-8-7-20-41(43)48-42(22-13-25-45(48)53)52-56-50(37-16-5-2-6-17-37)55-51(57-52)39-19-11-18-38(32-39)35-14-3-1-4-15-35;49-30-31-25-27-32(28-26-31)35-18-11-23-41-46(35)52-44-24-10-9-21-39(44)48(41)38-20-8-7-17-36(38)45-37(19-12-22-40(45)48)47-50-42(33-13-3-1-4-14-33)29-43(51-47)34-15-5-2-6-16-34/h1-32H;1-29H. The molecule has 0 saturated carbocycles. The van der Waals surface area contributed by atoms with Crippen LogP contribution in [0.3, 0.4) is 0 Å². The minimum Gasteiger partial charge on any atom is -0.228 e. The van der Waals surface area contributed by atoms with Gasteiger partial charge in [-0.1, -0.05) is 345 Å². The molecule has 2 aliphatic heterocycles. The Kier molecular flexibility index (Phi) is 16.2. The van der Waals surface area contributed by atoms with Crippen LogP contribution >= 0.6 is 23.5 Å². The van der Waals surface area contributed by atoms with Gasteiger partial charge in [-0.2, -0.15) is 10.5 Å². The summed E-state index contributed by atoms with van der Waals surface area (Å²) in [6, 6.07) is 134. The maximum absolute atomic E-state index is 9.56. The fourth-order valence-corrected chi connectivity index (χ4v) is 19.8. The van der Waals surface area contributed by atoms with Gasteiger partial charge in [0, 0.05) is 53.0 Å². The van der Waals surface area contributed by atoms with Crippen LogP contribution in [0, 0.1) is 22.7 Å². The van der Waals surface area contributed by atoms with E-state index in [2.05, 4.69) is 322 Å². The Morgan fingerprint density at radius 1 is 0.218 bits per heavy atom. The maximum atomic E-state index is 9.56. The van der Waals surface area contributed by atoms with Crippen LogP contribution in [0.2, 0.25) is 0 Å². The van der Waals surface area contributed by atoms with Crippen LogP contribution in [0.25, 0.3) is 124 Å². The first-order chi connectivity index (χ1) is 54.4. The van der Waals surface area contributed by atoms with Crippen molar-refractivity contribution in [2.24, 2.45) is 0 Å². The van der Waals surface area contributed by atoms with Gasteiger partial charge in [-0.3, -0.25) is 0 Å². The van der Waals surface area contributed by atoms with Crippen LogP contribution in [0.15, 0.2) is 390 Å². The summed E-state index contributed by atoms with van der Waals surface area (Å²) < 4.78 is 0. The molecule has 2 atom stereocenters. The van der Waals surface area contributed by atoms with E-state index < -0.39 is 10.8 Å². The van der Waals surface area contributed by atoms with Gasteiger partial charge in [-0.25, -0.2) is 24.9 Å². The molecule has 7 nitrogen and oxygen atoms in total. The van der Waals surface area contributed by atoms with Gasteiger partial charge in [0.15, 0.2) is 23.3 Å². The van der Waals surface area contributed by atoms with E-state index in [1.165, 1.54) is 80.8 Å². The lowest BCUT2D eigenvalue weighted by molar-refractivity contribution is 0.723. The van der Waals surface area contributed by atoms with Crippen molar-refractivity contribution in [2.75, 3.05) is 0 Å². The molecule has 9 heteroatoms. The smallest absolute Gasteiger partial charge is 0.164 e. The number of rotatable bonds is 9. The molecule has 4 aliphatic rings. The number of fused-ring (bicyclic) bond motifs is 18. The Morgan fingerprint density at radius 2 is 0.545 bits per heavy atom. The van der Waals surface area contributed by atoms with Crippen molar-refractivity contribution in [3.63, 3.8) is 0 Å². The number of aromatic nitrogens is 5. The highest BCUT2D eigenvalue weighted by Gasteiger charge is 2.53. The highest BCUT2D eigenvalue weighted by molar-refractivity contribution is 8.00. The molecule has 0 fully saturated rings. The monoisotopic (exact) mass is 1440 g/mol. The molecule has 15 aromatic carbocycles. The quantitative estimate of drug-likeness (QED) is 0.139. The van der Waals surface area contributed by atoms with Crippen LogP contribution in [-0.4, -0.2) is 24.9 Å². The van der Waals surface area contributed by atoms with Gasteiger partial charge in [0.05, 0.1) is 45.5 Å². The van der Waals surface area contributed by atoms with Gasteiger partial charge in [-0.15, -0.1) is 0 Å². The summed E-state index contributed by atoms with van der Waals surface area (Å²) >= 11 is 3.66. The molecule has 0 N–H and O–H groups in total. The van der Waals surface area contributed by atoms with Gasteiger partial charge < -0.3 is 0 Å². The summed E-state index contributed by atoms with van der Waals surface area (Å²) in [4.78, 5) is 31.2. The summed E-state index contributed by atoms with van der Waals surface area (Å²) in [5.74, 6) is 2.58. The van der Waals surface area contributed by atoms with E-state index >= 15 is 0 Å². The van der Waals surface area contributed by atoms with Gasteiger partial charge in [0.25, 0.3) is 0 Å². The fourth-order valence-electron chi connectivity index (χ4n) is 17.1. The lowest BCUT2D eigenvalue weighted by Gasteiger charge is -2.40. The second-order valence-electron chi connectivity index (χ2n) is 27.8. The van der Waals surface area contributed by atoms with E-state index in [0.29, 0.717) is 34.4 Å². The molecule has 0 saturated heterocycles. The maximum Gasteiger partial charge on any atom is 0.164 e. The zero-order chi connectivity index (χ0) is 73.3. The van der Waals surface area contributed by atoms with E-state index in [0.717, 1.165) is 83.7 Å². The molecule has 2 unspecified atom stereocenters. The van der Waals surface area contributed by atoms with Crippen LogP contribution < -0.4 is 0 Å². The summed E-state index contributed by atoms with van der Waals surface area (Å²) in [5.41, 5.74) is 29.2. The van der Waals surface area contributed by atoms with E-state index in [4.69, 9.17) is 24.9 Å². The van der Waals surface area contributed by atoms with E-state index in [9.17, 15) is 10.5 Å². The molecule has 512 valence electrons. The summed E-state index contributed by atoms with van der Waals surface area (Å²) in [7, 11) is 0. The molecule has 0 radical (unpaired) electrons. The second-order valence-corrected chi connectivity index (χ2v) is 29.9. The Morgan fingerprint density at radius 3 is 1.01 bits per heavy atom. The molecule has 0 bridgehead atoms. The van der Waals surface area contributed by atoms with Crippen LogP contribution in [0.5, 0.6) is 0 Å². The van der Waals surface area contributed by atoms with Crippen molar-refractivity contribution >= 4 is 23.5 Å². The Labute approximate surface area is 646 Å². The average molecular weight is 1440 g/mol. The van der Waals surface area contributed by atoms with Crippen LogP contribution in [-0.2, 0) is 10.8 Å². The molecule has 2 aliphatic carbocycles. The van der Waals surface area contributed by atoms with Crippen molar-refractivity contribution in [2.45, 2.75) is 30.4 Å². The predicted molar refractivity (Wildman–Crippen MR) is 443 cm³/mol. The number of hydrogen-bond acceptors (Lipinski definition) is 9. The topological polar surface area (TPSA) is 112 Å². The predicted octanol–water partition coefficient (Wildman–Crippen LogP) is 24.7. The highest BCUT2D eigenvalue weighted by Crippen LogP contribution is 2.66. The second kappa shape index (κ2) is 27.1. The zero-order valence-corrected chi connectivity index (χ0v) is 60.8. The molecular formula is C101H61N7S2. The van der Waals surface area contributed by atoms with Gasteiger partial charge in [0.2, 0.25) is 0 Å². The largest absolute Gasteiger partial charge is 0.228 e. The van der Waals surface area contributed by atoms with Crippen molar-refractivity contribution < 1.29 is 0 Å². The first kappa shape index (κ1) is 65.6. The molecule has 0 amide bonds. The Bertz CT molecular complexity index is 6560. The summed E-state index contributed by atoms with van der Waals surface area (Å²) in [6.45, 7) is 0. The summed E-state index contributed by atoms with van der Waals surface area (Å²) in [5, 5.41) is 19.1. The van der Waals surface area contributed by atoms with Crippen molar-refractivity contribution in [1.82, 2.24) is 24.9 Å². The molecule has 110 heavy (non-hydrogen) atoms. The van der Waals surface area contributed by atoms with Crippen molar-refractivity contribution in [1.29, 1.82) is 10.5 Å². The van der Waals surface area contributed by atoms with E-state index in [1.54, 1.807) is 0 Å². The molecule has 2 spiro atoms. The van der Waals surface area contributed by atoms with Crippen LogP contribution in [0.4, 0.5) is 0 Å². The minimum absolute atomic E-state index is 0.568. The van der Waals surface area contributed by atoms with Gasteiger partial charge in [0.1, 0.15) is 0 Å². The number of nitriles is 2. The Balaban J connectivity index is 0.000000145. The first-order valence-corrected chi connectivity index (χ1v) is 38.4. The SMILES string of the molecule is N#Cc1ccc(-c2cccc3c2Sc2ccccc2C32c3ccccc3-c3c(-c4nc(-c5ccccc5)cc(-c5ccccc5)n4)cccc32)cc1.N#Cc1ccc(-c2cccc3c2Sc2ccccc2C32c3ccccc3-c3c(-c4nc(-c5ccccc5)nc(-c5cccc(-c6ccccc6)c5)n4)cccc32)cc1. The van der Waals surface area contributed by atoms with E-state index in [-0.39, 0.29) is 0 Å². The van der Waals surface area contributed by atoms with Gasteiger partial charge in [-0.05, 0) is 149 Å². The van der Waals surface area contributed by atoms with Crippen molar-refractivity contribution in [3.8, 4) is 136 Å². The molecule has 2 aromatic heterocycles. The first-order valence-electron chi connectivity index (χ1n) is 36.7. The molecular weight excluding hydrogens is 1380 g/mol. The number of benzene rings is 15. The lowest BCUT2D eigenvalue weighted by Crippen LogP contribution is -2.32. The fraction of sp³-hybridized carbons (Fsp3) is 0.0198. The third-order valence-corrected chi connectivity index (χ3v) is 24.3. The lowest BCUT2D eigenvalue weighted by atomic mass is 9.67. The molecule has 4 heterocycles. The Hall–Kier alpha value is -13.9. The third kappa shape index (κ3) is 10.7. The number of hydrogen-bond donors (Lipinski definition) is 0. The summed E-state index contributed by atoms with van der Waals surface area (Å²) in [6.07, 6.45) is 0. The third-order valence-electron chi connectivity index (χ3n) is 21.9. The molecule has 21 rings (SSSR count). The average Bonchev–Trinajstić information content (AvgIpc) is 1.50. The van der Waals surface area contributed by atoms with Crippen molar-refractivity contribution in [3.05, 3.63) is 426 Å². The van der Waals surface area contributed by atoms with Crippen LogP contribution in [0.1, 0.15) is 55.6 Å². The highest BCUT2D eigenvalue weighted by atomic mass is 32.2. The van der Waals surface area contributed by atoms with Gasteiger partial charge >= 0.3 is 0 Å². The molecule has 17 aromatic rings. The minimum atomic E-state index is -0.607. The number of nitrogens with zero attached hydrogens (tertiary/aromatic N) is 7. The van der Waals surface area contributed by atoms with E-state index in [1.807, 2.05) is 84.2 Å².